The quantitative estimate of drug-likeness (QED) is 0.629. The van der Waals surface area contributed by atoms with Crippen LogP contribution in [0.25, 0.3) is 0 Å². The zero-order valence-electron chi connectivity index (χ0n) is 12.0. The molecule has 0 aliphatic carbocycles. The standard InChI is InChI=1S/C15H15BrN2O3S/c1-10-3-6-13(7-4-10)22(20,21)18-17-11(2)14-9-12(16)5-8-15(14)19/h3-9,18-19H,1-2H3/b17-11+. The van der Waals surface area contributed by atoms with Crippen molar-refractivity contribution in [1.82, 2.24) is 4.83 Å². The van der Waals surface area contributed by atoms with Gasteiger partial charge in [-0.2, -0.15) is 18.4 Å². The predicted molar refractivity (Wildman–Crippen MR) is 89.5 cm³/mol. The summed E-state index contributed by atoms with van der Waals surface area (Å²) in [4.78, 5) is 2.31. The summed E-state index contributed by atoms with van der Waals surface area (Å²) in [6.07, 6.45) is 0. The van der Waals surface area contributed by atoms with Crippen molar-refractivity contribution in [3.63, 3.8) is 0 Å². The maximum atomic E-state index is 12.1. The fraction of sp³-hybridized carbons (Fsp3) is 0.133. The second kappa shape index (κ2) is 6.50. The Bertz CT molecular complexity index is 815. The molecule has 0 radical (unpaired) electrons. The monoisotopic (exact) mass is 382 g/mol. The number of benzene rings is 2. The van der Waals surface area contributed by atoms with Crippen LogP contribution in [0.1, 0.15) is 18.1 Å². The zero-order valence-corrected chi connectivity index (χ0v) is 14.4. The Morgan fingerprint density at radius 1 is 1.18 bits per heavy atom. The van der Waals surface area contributed by atoms with Crippen LogP contribution in [-0.4, -0.2) is 19.2 Å². The number of aromatic hydroxyl groups is 1. The third-order valence-electron chi connectivity index (χ3n) is 3.01. The molecular weight excluding hydrogens is 368 g/mol. The lowest BCUT2D eigenvalue weighted by molar-refractivity contribution is 0.474. The van der Waals surface area contributed by atoms with Crippen molar-refractivity contribution < 1.29 is 13.5 Å². The Hall–Kier alpha value is -1.86. The second-order valence-corrected chi connectivity index (χ2v) is 7.34. The fourth-order valence-corrected chi connectivity index (χ4v) is 2.97. The molecule has 0 spiro atoms. The van der Waals surface area contributed by atoms with Crippen molar-refractivity contribution in [1.29, 1.82) is 0 Å². The molecule has 2 rings (SSSR count). The van der Waals surface area contributed by atoms with Gasteiger partial charge in [-0.05, 0) is 44.2 Å². The molecule has 0 aliphatic heterocycles. The van der Waals surface area contributed by atoms with Crippen LogP contribution in [0.3, 0.4) is 0 Å². The molecule has 0 aromatic heterocycles. The highest BCUT2D eigenvalue weighted by Gasteiger charge is 2.13. The van der Waals surface area contributed by atoms with E-state index in [0.717, 1.165) is 10.0 Å². The summed E-state index contributed by atoms with van der Waals surface area (Å²) in [7, 11) is -3.73. The van der Waals surface area contributed by atoms with Gasteiger partial charge in [-0.25, -0.2) is 0 Å². The smallest absolute Gasteiger partial charge is 0.276 e. The van der Waals surface area contributed by atoms with E-state index in [4.69, 9.17) is 0 Å². The Kier molecular flexibility index (Phi) is 4.87. The number of phenols is 1. The van der Waals surface area contributed by atoms with E-state index in [1.165, 1.54) is 18.2 Å². The van der Waals surface area contributed by atoms with Gasteiger partial charge in [0.2, 0.25) is 0 Å². The average Bonchev–Trinajstić information content (AvgIpc) is 2.48. The Balaban J connectivity index is 2.26. The number of phenolic OH excluding ortho intramolecular Hbond substituents is 1. The van der Waals surface area contributed by atoms with Gasteiger partial charge in [0.05, 0.1) is 10.6 Å². The van der Waals surface area contributed by atoms with Crippen LogP contribution in [-0.2, 0) is 10.0 Å². The van der Waals surface area contributed by atoms with Crippen LogP contribution in [0.4, 0.5) is 0 Å². The van der Waals surface area contributed by atoms with E-state index in [2.05, 4.69) is 25.9 Å². The minimum atomic E-state index is -3.73. The zero-order chi connectivity index (χ0) is 16.3. The molecule has 0 atom stereocenters. The number of hydrogen-bond donors (Lipinski definition) is 2. The first-order valence-corrected chi connectivity index (χ1v) is 8.69. The van der Waals surface area contributed by atoms with Gasteiger partial charge in [0.25, 0.3) is 10.0 Å². The first-order valence-electron chi connectivity index (χ1n) is 6.41. The lowest BCUT2D eigenvalue weighted by atomic mass is 10.1. The SMILES string of the molecule is C/C(=N\NS(=O)(=O)c1ccc(C)cc1)c1cc(Br)ccc1O. The van der Waals surface area contributed by atoms with Gasteiger partial charge in [-0.3, -0.25) is 0 Å². The van der Waals surface area contributed by atoms with E-state index in [9.17, 15) is 13.5 Å². The molecule has 0 unspecified atom stereocenters. The van der Waals surface area contributed by atoms with E-state index in [1.807, 2.05) is 6.92 Å². The van der Waals surface area contributed by atoms with E-state index in [0.29, 0.717) is 11.3 Å². The fourth-order valence-electron chi connectivity index (χ4n) is 1.76. The number of aryl methyl sites for hydroxylation is 1. The molecule has 0 bridgehead atoms. The van der Waals surface area contributed by atoms with Gasteiger partial charge in [0.1, 0.15) is 5.75 Å². The van der Waals surface area contributed by atoms with Crippen LogP contribution in [0.5, 0.6) is 5.75 Å². The number of hydrogen-bond acceptors (Lipinski definition) is 4. The maximum Gasteiger partial charge on any atom is 0.276 e. The normalized spacial score (nSPS) is 12.2. The van der Waals surface area contributed by atoms with E-state index < -0.39 is 10.0 Å². The molecule has 0 saturated carbocycles. The van der Waals surface area contributed by atoms with Gasteiger partial charge < -0.3 is 5.11 Å². The number of hydrazone groups is 1. The average molecular weight is 383 g/mol. The van der Waals surface area contributed by atoms with Crippen LogP contribution in [0.15, 0.2) is 56.9 Å². The number of halogens is 1. The maximum absolute atomic E-state index is 12.1. The molecule has 2 aromatic carbocycles. The van der Waals surface area contributed by atoms with Crippen molar-refractivity contribution in [3.8, 4) is 5.75 Å². The summed E-state index contributed by atoms with van der Waals surface area (Å²) in [6, 6.07) is 11.3. The van der Waals surface area contributed by atoms with Gasteiger partial charge in [-0.15, -0.1) is 0 Å². The van der Waals surface area contributed by atoms with Crippen molar-refractivity contribution in [2.24, 2.45) is 5.10 Å². The Labute approximate surface area is 137 Å². The van der Waals surface area contributed by atoms with Crippen molar-refractivity contribution in [2.45, 2.75) is 18.7 Å². The molecular formula is C15H15BrN2O3S. The van der Waals surface area contributed by atoms with Gasteiger partial charge >= 0.3 is 0 Å². The highest BCUT2D eigenvalue weighted by molar-refractivity contribution is 9.10. The molecule has 22 heavy (non-hydrogen) atoms. The highest BCUT2D eigenvalue weighted by atomic mass is 79.9. The summed E-state index contributed by atoms with van der Waals surface area (Å²) in [5.41, 5.74) is 1.77. The first-order chi connectivity index (χ1) is 10.3. The predicted octanol–water partition coefficient (Wildman–Crippen LogP) is 3.17. The molecule has 2 N–H and O–H groups in total. The van der Waals surface area contributed by atoms with Crippen molar-refractivity contribution >= 4 is 31.7 Å². The van der Waals surface area contributed by atoms with E-state index in [1.54, 1.807) is 31.2 Å². The topological polar surface area (TPSA) is 78.8 Å². The van der Waals surface area contributed by atoms with Crippen molar-refractivity contribution in [2.75, 3.05) is 0 Å². The molecule has 0 saturated heterocycles. The van der Waals surface area contributed by atoms with E-state index >= 15 is 0 Å². The number of sulfonamides is 1. The largest absolute Gasteiger partial charge is 0.507 e. The summed E-state index contributed by atoms with van der Waals surface area (Å²) in [5, 5.41) is 13.7. The van der Waals surface area contributed by atoms with Crippen LogP contribution in [0, 0.1) is 6.92 Å². The number of nitrogens with one attached hydrogen (secondary N) is 1. The molecule has 116 valence electrons. The third-order valence-corrected chi connectivity index (χ3v) is 4.73. The molecule has 0 heterocycles. The minimum absolute atomic E-state index is 0.0268. The molecule has 0 fully saturated rings. The highest BCUT2D eigenvalue weighted by Crippen LogP contribution is 2.22. The van der Waals surface area contributed by atoms with Gasteiger partial charge in [-0.1, -0.05) is 33.6 Å². The van der Waals surface area contributed by atoms with Gasteiger partial charge in [0.15, 0.2) is 0 Å². The number of rotatable bonds is 4. The minimum Gasteiger partial charge on any atom is -0.507 e. The van der Waals surface area contributed by atoms with Gasteiger partial charge in [0, 0.05) is 10.0 Å². The van der Waals surface area contributed by atoms with E-state index in [-0.39, 0.29) is 10.6 Å². The van der Waals surface area contributed by atoms with Crippen LogP contribution >= 0.6 is 15.9 Å². The third kappa shape index (κ3) is 3.86. The molecule has 7 heteroatoms. The molecule has 0 amide bonds. The molecule has 2 aromatic rings. The number of nitrogens with zero attached hydrogens (tertiary/aromatic N) is 1. The Morgan fingerprint density at radius 2 is 1.82 bits per heavy atom. The lowest BCUT2D eigenvalue weighted by Crippen LogP contribution is -2.20. The second-order valence-electron chi connectivity index (χ2n) is 4.77. The molecule has 5 nitrogen and oxygen atoms in total. The lowest BCUT2D eigenvalue weighted by Gasteiger charge is -2.07. The van der Waals surface area contributed by atoms with Crippen LogP contribution < -0.4 is 4.83 Å². The summed E-state index contributed by atoms with van der Waals surface area (Å²) in [6.45, 7) is 3.49. The first kappa shape index (κ1) is 16.5. The Morgan fingerprint density at radius 3 is 2.45 bits per heavy atom. The molecule has 0 aliphatic rings. The van der Waals surface area contributed by atoms with Crippen molar-refractivity contribution in [3.05, 3.63) is 58.1 Å². The summed E-state index contributed by atoms with van der Waals surface area (Å²) in [5.74, 6) is 0.0268. The summed E-state index contributed by atoms with van der Waals surface area (Å²) < 4.78 is 25.0. The van der Waals surface area contributed by atoms with Crippen LogP contribution in [0.2, 0.25) is 0 Å². The summed E-state index contributed by atoms with van der Waals surface area (Å²) >= 11 is 3.29.